The number of nitrogen functional groups attached to an aromatic ring is 1. The lowest BCUT2D eigenvalue weighted by Crippen LogP contribution is -2.24. The van der Waals surface area contributed by atoms with Crippen LogP contribution in [0.2, 0.25) is 0 Å². The van der Waals surface area contributed by atoms with Crippen LogP contribution in [0.5, 0.6) is 0 Å². The molecule has 1 fully saturated rings. The molecule has 0 radical (unpaired) electrons. The first kappa shape index (κ1) is 12.1. The molecule has 4 nitrogen and oxygen atoms in total. The van der Waals surface area contributed by atoms with Crippen molar-refractivity contribution in [3.05, 3.63) is 21.7 Å². The summed E-state index contributed by atoms with van der Waals surface area (Å²) in [6.07, 6.45) is 4.52. The predicted octanol–water partition coefficient (Wildman–Crippen LogP) is 2.34. The van der Waals surface area contributed by atoms with Gasteiger partial charge in [0, 0.05) is 5.92 Å². The average Bonchev–Trinajstić information content (AvgIpc) is 2.25. The van der Waals surface area contributed by atoms with E-state index in [4.69, 9.17) is 5.73 Å². The first-order chi connectivity index (χ1) is 7.89. The van der Waals surface area contributed by atoms with Crippen molar-refractivity contribution < 1.29 is 0 Å². The van der Waals surface area contributed by atoms with Crippen molar-refractivity contribution in [2.24, 2.45) is 5.41 Å². The van der Waals surface area contributed by atoms with E-state index in [1.807, 2.05) is 0 Å². The number of hydrogen-bond donors (Lipinski definition) is 2. The molecule has 0 aromatic carbocycles. The van der Waals surface area contributed by atoms with Gasteiger partial charge in [-0.1, -0.05) is 13.8 Å². The Hall–Kier alpha value is -1.32. The van der Waals surface area contributed by atoms with Crippen molar-refractivity contribution in [3.63, 3.8) is 0 Å². The molecule has 94 valence electrons. The number of rotatable bonds is 1. The summed E-state index contributed by atoms with van der Waals surface area (Å²) < 4.78 is 0. The average molecular weight is 235 g/mol. The largest absolute Gasteiger partial charge is 0.383 e. The number of nitrogens with two attached hydrogens (primary N) is 1. The molecule has 0 unspecified atom stereocenters. The van der Waals surface area contributed by atoms with Gasteiger partial charge >= 0.3 is 0 Å². The maximum atomic E-state index is 11.7. The first-order valence-electron chi connectivity index (χ1n) is 6.25. The van der Waals surface area contributed by atoms with Gasteiger partial charge in [0.1, 0.15) is 11.6 Å². The first-order valence-corrected chi connectivity index (χ1v) is 6.25. The number of aromatic amines is 1. The summed E-state index contributed by atoms with van der Waals surface area (Å²) in [5.74, 6) is 1.50. The van der Waals surface area contributed by atoms with E-state index in [1.54, 1.807) is 6.92 Å². The van der Waals surface area contributed by atoms with Crippen LogP contribution in [-0.4, -0.2) is 9.97 Å². The van der Waals surface area contributed by atoms with E-state index in [2.05, 4.69) is 23.8 Å². The summed E-state index contributed by atoms with van der Waals surface area (Å²) in [5.41, 5.74) is 6.59. The van der Waals surface area contributed by atoms with E-state index in [0.29, 0.717) is 22.7 Å². The zero-order chi connectivity index (χ0) is 12.6. The molecule has 4 heteroatoms. The highest BCUT2D eigenvalue weighted by molar-refractivity contribution is 5.36. The maximum absolute atomic E-state index is 11.7. The topological polar surface area (TPSA) is 71.8 Å². The minimum atomic E-state index is -0.0997. The molecule has 1 aromatic rings. The van der Waals surface area contributed by atoms with Gasteiger partial charge in [-0.25, -0.2) is 4.98 Å². The number of nitrogens with zero attached hydrogens (tertiary/aromatic N) is 1. The summed E-state index contributed by atoms with van der Waals surface area (Å²) in [4.78, 5) is 18.8. The summed E-state index contributed by atoms with van der Waals surface area (Å²) in [6, 6.07) is 0. The molecule has 0 aliphatic heterocycles. The van der Waals surface area contributed by atoms with Gasteiger partial charge in [-0.15, -0.1) is 0 Å². The standard InChI is InChI=1S/C13H21N3O/c1-8-10(14)15-11(16-12(8)17)9-4-6-13(2,3)7-5-9/h9H,4-7H2,1-3H3,(H3,14,15,16,17). The van der Waals surface area contributed by atoms with Crippen molar-refractivity contribution in [2.45, 2.75) is 52.4 Å². The zero-order valence-electron chi connectivity index (χ0n) is 10.8. The van der Waals surface area contributed by atoms with Crippen LogP contribution in [0.25, 0.3) is 0 Å². The van der Waals surface area contributed by atoms with Crippen molar-refractivity contribution in [1.82, 2.24) is 9.97 Å². The van der Waals surface area contributed by atoms with E-state index in [1.165, 1.54) is 12.8 Å². The van der Waals surface area contributed by atoms with Crippen LogP contribution in [0.1, 0.15) is 56.8 Å². The molecule has 1 aromatic heterocycles. The quantitative estimate of drug-likeness (QED) is 0.784. The molecule has 2 rings (SSSR count). The molecule has 0 saturated heterocycles. The van der Waals surface area contributed by atoms with Crippen molar-refractivity contribution in [3.8, 4) is 0 Å². The lowest BCUT2D eigenvalue weighted by molar-refractivity contribution is 0.220. The maximum Gasteiger partial charge on any atom is 0.255 e. The Bertz CT molecular complexity index is 466. The third-order valence-corrected chi connectivity index (χ3v) is 3.93. The number of hydrogen-bond acceptors (Lipinski definition) is 3. The Morgan fingerprint density at radius 1 is 1.35 bits per heavy atom. The highest BCUT2D eigenvalue weighted by Crippen LogP contribution is 2.41. The molecular weight excluding hydrogens is 214 g/mol. The minimum absolute atomic E-state index is 0.0997. The third kappa shape index (κ3) is 2.51. The molecule has 0 atom stereocenters. The van der Waals surface area contributed by atoms with Crippen LogP contribution in [-0.2, 0) is 0 Å². The highest BCUT2D eigenvalue weighted by Gasteiger charge is 2.29. The number of anilines is 1. The summed E-state index contributed by atoms with van der Waals surface area (Å²) >= 11 is 0. The van der Waals surface area contributed by atoms with Gasteiger partial charge in [0.2, 0.25) is 0 Å². The van der Waals surface area contributed by atoms with Crippen molar-refractivity contribution in [1.29, 1.82) is 0 Å². The fraction of sp³-hybridized carbons (Fsp3) is 0.692. The highest BCUT2D eigenvalue weighted by atomic mass is 16.1. The lowest BCUT2D eigenvalue weighted by atomic mass is 9.73. The van der Waals surface area contributed by atoms with E-state index in [0.717, 1.165) is 18.7 Å². The molecule has 0 bridgehead atoms. The van der Waals surface area contributed by atoms with Crippen LogP contribution >= 0.6 is 0 Å². The van der Waals surface area contributed by atoms with Gasteiger partial charge in [0.25, 0.3) is 5.56 Å². The number of nitrogens with one attached hydrogen (secondary N) is 1. The van der Waals surface area contributed by atoms with E-state index < -0.39 is 0 Å². The van der Waals surface area contributed by atoms with Gasteiger partial charge in [-0.3, -0.25) is 4.79 Å². The summed E-state index contributed by atoms with van der Waals surface area (Å²) in [6.45, 7) is 6.29. The smallest absolute Gasteiger partial charge is 0.255 e. The fourth-order valence-corrected chi connectivity index (χ4v) is 2.43. The zero-order valence-corrected chi connectivity index (χ0v) is 10.8. The molecule has 0 amide bonds. The molecule has 1 aliphatic rings. The molecule has 1 aliphatic carbocycles. The summed E-state index contributed by atoms with van der Waals surface area (Å²) in [5, 5.41) is 0. The van der Waals surface area contributed by atoms with E-state index in [-0.39, 0.29) is 5.56 Å². The molecular formula is C13H21N3O. The Labute approximate surface area is 102 Å². The Kier molecular flexibility index (Phi) is 2.98. The van der Waals surface area contributed by atoms with Crippen molar-refractivity contribution in [2.75, 3.05) is 5.73 Å². The second-order valence-corrected chi connectivity index (χ2v) is 5.90. The van der Waals surface area contributed by atoms with Crippen LogP contribution in [0.15, 0.2) is 4.79 Å². The Morgan fingerprint density at radius 2 is 1.94 bits per heavy atom. The fourth-order valence-electron chi connectivity index (χ4n) is 2.43. The lowest BCUT2D eigenvalue weighted by Gasteiger charge is -2.33. The monoisotopic (exact) mass is 235 g/mol. The molecule has 1 heterocycles. The Balaban J connectivity index is 2.22. The van der Waals surface area contributed by atoms with Crippen LogP contribution in [0, 0.1) is 12.3 Å². The molecule has 1 saturated carbocycles. The van der Waals surface area contributed by atoms with Gasteiger partial charge in [-0.05, 0) is 38.0 Å². The van der Waals surface area contributed by atoms with Gasteiger partial charge in [0.15, 0.2) is 0 Å². The third-order valence-electron chi connectivity index (χ3n) is 3.93. The van der Waals surface area contributed by atoms with Crippen LogP contribution in [0.3, 0.4) is 0 Å². The second-order valence-electron chi connectivity index (χ2n) is 5.90. The normalized spacial score (nSPS) is 20.4. The predicted molar refractivity (Wildman–Crippen MR) is 69.0 cm³/mol. The summed E-state index contributed by atoms with van der Waals surface area (Å²) in [7, 11) is 0. The van der Waals surface area contributed by atoms with Gasteiger partial charge in [0.05, 0.1) is 5.56 Å². The SMILES string of the molecule is Cc1c(N)nc(C2CCC(C)(C)CC2)[nH]c1=O. The van der Waals surface area contributed by atoms with Crippen LogP contribution in [0.4, 0.5) is 5.82 Å². The molecule has 17 heavy (non-hydrogen) atoms. The van der Waals surface area contributed by atoms with Crippen LogP contribution < -0.4 is 11.3 Å². The van der Waals surface area contributed by atoms with E-state index >= 15 is 0 Å². The molecule has 0 spiro atoms. The number of aromatic nitrogens is 2. The second kappa shape index (κ2) is 4.17. The van der Waals surface area contributed by atoms with E-state index in [9.17, 15) is 4.79 Å². The van der Waals surface area contributed by atoms with Gasteiger partial charge < -0.3 is 10.7 Å². The van der Waals surface area contributed by atoms with Crippen molar-refractivity contribution >= 4 is 5.82 Å². The van der Waals surface area contributed by atoms with Gasteiger partial charge in [-0.2, -0.15) is 0 Å². The number of H-pyrrole nitrogens is 1. The minimum Gasteiger partial charge on any atom is -0.383 e. The molecule has 3 N–H and O–H groups in total. The Morgan fingerprint density at radius 3 is 2.47 bits per heavy atom.